The van der Waals surface area contributed by atoms with Crippen LogP contribution in [0.25, 0.3) is 0 Å². The van der Waals surface area contributed by atoms with Crippen molar-refractivity contribution in [2.45, 2.75) is 19.4 Å². The van der Waals surface area contributed by atoms with Gasteiger partial charge in [-0.15, -0.1) is 0 Å². The summed E-state index contributed by atoms with van der Waals surface area (Å²) in [6, 6.07) is 3.17. The Morgan fingerprint density at radius 1 is 1.83 bits per heavy atom. The van der Waals surface area contributed by atoms with Gasteiger partial charge < -0.3 is 15.5 Å². The third kappa shape index (κ3) is 2.65. The number of carbonyl (C=O) groups excluding carboxylic acids is 1. The molecule has 2 amide bonds. The van der Waals surface area contributed by atoms with E-state index >= 15 is 0 Å². The predicted molar refractivity (Wildman–Crippen MR) is 44.6 cm³/mol. The van der Waals surface area contributed by atoms with Crippen LogP contribution in [0.3, 0.4) is 0 Å². The van der Waals surface area contributed by atoms with Crippen molar-refractivity contribution in [1.82, 2.24) is 5.32 Å². The highest BCUT2D eigenvalue weighted by atomic mass is 16.3. The lowest BCUT2D eigenvalue weighted by molar-refractivity contribution is 0.245. The van der Waals surface area contributed by atoms with Crippen molar-refractivity contribution in [1.29, 1.82) is 0 Å². The van der Waals surface area contributed by atoms with E-state index in [1.54, 1.807) is 6.26 Å². The molecular weight excluding hydrogens is 156 g/mol. The van der Waals surface area contributed by atoms with Gasteiger partial charge in [0.2, 0.25) is 0 Å². The van der Waals surface area contributed by atoms with Crippen molar-refractivity contribution in [3.05, 3.63) is 24.2 Å². The van der Waals surface area contributed by atoms with E-state index in [0.29, 0.717) is 6.42 Å². The van der Waals surface area contributed by atoms with E-state index in [1.807, 2.05) is 19.1 Å². The monoisotopic (exact) mass is 168 g/mol. The Bertz CT molecular complexity index is 244. The van der Waals surface area contributed by atoms with Crippen LogP contribution in [0, 0.1) is 0 Å². The Morgan fingerprint density at radius 3 is 3.08 bits per heavy atom. The van der Waals surface area contributed by atoms with Gasteiger partial charge in [0.05, 0.1) is 6.26 Å². The lowest BCUT2D eigenvalue weighted by atomic mass is 10.2. The van der Waals surface area contributed by atoms with E-state index in [0.717, 1.165) is 5.76 Å². The first-order valence-corrected chi connectivity index (χ1v) is 3.77. The number of nitrogens with two attached hydrogens (primary N) is 1. The molecule has 1 unspecified atom stereocenters. The first-order valence-electron chi connectivity index (χ1n) is 3.77. The number of furan rings is 1. The Morgan fingerprint density at radius 2 is 2.58 bits per heavy atom. The summed E-state index contributed by atoms with van der Waals surface area (Å²) < 4.78 is 5.09. The maximum Gasteiger partial charge on any atom is 0.312 e. The van der Waals surface area contributed by atoms with Gasteiger partial charge in [0.15, 0.2) is 0 Å². The van der Waals surface area contributed by atoms with Crippen LogP contribution in [-0.2, 0) is 6.42 Å². The fourth-order valence-corrected chi connectivity index (χ4v) is 1.02. The van der Waals surface area contributed by atoms with Crippen LogP contribution in [0.1, 0.15) is 12.7 Å². The second kappa shape index (κ2) is 3.80. The van der Waals surface area contributed by atoms with Crippen LogP contribution in [0.5, 0.6) is 0 Å². The van der Waals surface area contributed by atoms with E-state index in [-0.39, 0.29) is 6.04 Å². The molecule has 0 saturated carbocycles. The summed E-state index contributed by atoms with van der Waals surface area (Å²) in [6.07, 6.45) is 2.27. The highest BCUT2D eigenvalue weighted by Crippen LogP contribution is 2.03. The molecule has 1 atom stereocenters. The molecule has 4 heteroatoms. The number of rotatable bonds is 3. The van der Waals surface area contributed by atoms with E-state index in [2.05, 4.69) is 5.32 Å². The van der Waals surface area contributed by atoms with Gasteiger partial charge in [-0.3, -0.25) is 0 Å². The lowest BCUT2D eigenvalue weighted by Gasteiger charge is -2.09. The largest absolute Gasteiger partial charge is 0.469 e. The number of urea groups is 1. The standard InChI is InChI=1S/C8H12N2O2/c1-6(10-8(9)11)5-7-3-2-4-12-7/h2-4,6H,5H2,1H3,(H3,9,10,11). The van der Waals surface area contributed by atoms with Gasteiger partial charge in [-0.1, -0.05) is 0 Å². The molecule has 1 aromatic rings. The third-order valence-electron chi connectivity index (χ3n) is 1.48. The number of primary amides is 1. The zero-order valence-electron chi connectivity index (χ0n) is 6.91. The number of hydrogen-bond donors (Lipinski definition) is 2. The van der Waals surface area contributed by atoms with Crippen molar-refractivity contribution in [2.24, 2.45) is 5.73 Å². The molecule has 0 aliphatic carbocycles. The Hall–Kier alpha value is -1.45. The molecule has 0 fully saturated rings. The van der Waals surface area contributed by atoms with Crippen LogP contribution < -0.4 is 11.1 Å². The van der Waals surface area contributed by atoms with Crippen LogP contribution in [0.2, 0.25) is 0 Å². The van der Waals surface area contributed by atoms with Gasteiger partial charge in [0.1, 0.15) is 5.76 Å². The molecule has 12 heavy (non-hydrogen) atoms. The lowest BCUT2D eigenvalue weighted by Crippen LogP contribution is -2.37. The van der Waals surface area contributed by atoms with Crippen molar-refractivity contribution in [3.8, 4) is 0 Å². The fraction of sp³-hybridized carbons (Fsp3) is 0.375. The summed E-state index contributed by atoms with van der Waals surface area (Å²) in [5.74, 6) is 0.844. The normalized spacial score (nSPS) is 12.4. The molecule has 0 aromatic carbocycles. The Kier molecular flexibility index (Phi) is 2.74. The average Bonchev–Trinajstić information content (AvgIpc) is 2.37. The molecule has 0 bridgehead atoms. The van der Waals surface area contributed by atoms with Crippen LogP contribution in [0.4, 0.5) is 4.79 Å². The number of carbonyl (C=O) groups is 1. The molecule has 1 aromatic heterocycles. The molecule has 1 heterocycles. The number of hydrogen-bond acceptors (Lipinski definition) is 2. The van der Waals surface area contributed by atoms with E-state index < -0.39 is 6.03 Å². The van der Waals surface area contributed by atoms with Gasteiger partial charge in [0.25, 0.3) is 0 Å². The first-order chi connectivity index (χ1) is 5.68. The Labute approximate surface area is 70.7 Å². The summed E-state index contributed by atoms with van der Waals surface area (Å²) in [6.45, 7) is 1.87. The minimum absolute atomic E-state index is 0.00801. The van der Waals surface area contributed by atoms with Crippen molar-refractivity contribution >= 4 is 6.03 Å². The SMILES string of the molecule is CC(Cc1ccco1)NC(N)=O. The number of amides is 2. The molecule has 0 saturated heterocycles. The summed E-state index contributed by atoms with van der Waals surface area (Å²) in [7, 11) is 0. The molecule has 4 nitrogen and oxygen atoms in total. The summed E-state index contributed by atoms with van der Waals surface area (Å²) >= 11 is 0. The van der Waals surface area contributed by atoms with Crippen molar-refractivity contribution < 1.29 is 9.21 Å². The maximum absolute atomic E-state index is 10.4. The van der Waals surface area contributed by atoms with Crippen molar-refractivity contribution in [2.75, 3.05) is 0 Å². The topological polar surface area (TPSA) is 68.3 Å². The minimum atomic E-state index is -0.506. The van der Waals surface area contributed by atoms with Crippen LogP contribution in [-0.4, -0.2) is 12.1 Å². The molecule has 0 aliphatic rings. The second-order valence-electron chi connectivity index (χ2n) is 2.69. The van der Waals surface area contributed by atoms with E-state index in [4.69, 9.17) is 10.2 Å². The third-order valence-corrected chi connectivity index (χ3v) is 1.48. The summed E-state index contributed by atoms with van der Waals surface area (Å²) in [4.78, 5) is 10.4. The molecule has 66 valence electrons. The second-order valence-corrected chi connectivity index (χ2v) is 2.69. The highest BCUT2D eigenvalue weighted by Gasteiger charge is 2.05. The van der Waals surface area contributed by atoms with Gasteiger partial charge in [-0.2, -0.15) is 0 Å². The van der Waals surface area contributed by atoms with Gasteiger partial charge in [0, 0.05) is 12.5 Å². The highest BCUT2D eigenvalue weighted by molar-refractivity contribution is 5.71. The molecule has 1 rings (SSSR count). The summed E-state index contributed by atoms with van der Waals surface area (Å²) in [5, 5.41) is 2.56. The average molecular weight is 168 g/mol. The van der Waals surface area contributed by atoms with Crippen molar-refractivity contribution in [3.63, 3.8) is 0 Å². The van der Waals surface area contributed by atoms with Gasteiger partial charge in [-0.25, -0.2) is 4.79 Å². The zero-order valence-corrected chi connectivity index (χ0v) is 6.91. The molecule has 3 N–H and O–H groups in total. The smallest absolute Gasteiger partial charge is 0.312 e. The summed E-state index contributed by atoms with van der Waals surface area (Å²) in [5.41, 5.74) is 4.94. The van der Waals surface area contributed by atoms with Crippen LogP contribution in [0.15, 0.2) is 22.8 Å². The minimum Gasteiger partial charge on any atom is -0.469 e. The molecule has 0 aliphatic heterocycles. The molecular formula is C8H12N2O2. The van der Waals surface area contributed by atoms with Gasteiger partial charge in [-0.05, 0) is 19.1 Å². The Balaban J connectivity index is 2.36. The number of nitrogens with one attached hydrogen (secondary N) is 1. The fourth-order valence-electron chi connectivity index (χ4n) is 1.02. The van der Waals surface area contributed by atoms with E-state index in [1.165, 1.54) is 0 Å². The molecule has 0 spiro atoms. The predicted octanol–water partition coefficient (Wildman–Crippen LogP) is 0.879. The zero-order chi connectivity index (χ0) is 8.97. The van der Waals surface area contributed by atoms with Crippen LogP contribution >= 0.6 is 0 Å². The van der Waals surface area contributed by atoms with E-state index in [9.17, 15) is 4.79 Å². The molecule has 0 radical (unpaired) electrons. The first kappa shape index (κ1) is 8.64. The quantitative estimate of drug-likeness (QED) is 0.703. The maximum atomic E-state index is 10.4. The van der Waals surface area contributed by atoms with Gasteiger partial charge >= 0.3 is 6.03 Å².